The van der Waals surface area contributed by atoms with Crippen molar-refractivity contribution in [2.24, 2.45) is 0 Å². The predicted octanol–water partition coefficient (Wildman–Crippen LogP) is 2.45. The van der Waals surface area contributed by atoms with Crippen LogP contribution in [0.1, 0.15) is 29.6 Å². The summed E-state index contributed by atoms with van der Waals surface area (Å²) in [7, 11) is 0. The molecule has 0 heterocycles. The molecule has 2 aromatic carbocycles. The number of rotatable bonds is 8. The van der Waals surface area contributed by atoms with Gasteiger partial charge in [-0.3, -0.25) is 30.0 Å². The third-order valence-electron chi connectivity index (χ3n) is 3.65. The Morgan fingerprint density at radius 2 is 1.52 bits per heavy atom. The second-order valence-corrected chi connectivity index (χ2v) is 6.32. The summed E-state index contributed by atoms with van der Waals surface area (Å²) in [5.74, 6) is -2.02. The van der Waals surface area contributed by atoms with Crippen LogP contribution in [-0.2, 0) is 19.1 Å². The molecular formula is C20H20ClN3O5. The van der Waals surface area contributed by atoms with Gasteiger partial charge in [0.1, 0.15) is 0 Å². The van der Waals surface area contributed by atoms with Crippen molar-refractivity contribution < 1.29 is 23.9 Å². The molecule has 0 aliphatic carbocycles. The molecule has 29 heavy (non-hydrogen) atoms. The Kier molecular flexibility index (Phi) is 8.65. The highest BCUT2D eigenvalue weighted by Gasteiger charge is 2.11. The topological polar surface area (TPSA) is 114 Å². The van der Waals surface area contributed by atoms with E-state index >= 15 is 0 Å². The van der Waals surface area contributed by atoms with Gasteiger partial charge in [-0.1, -0.05) is 41.9 Å². The van der Waals surface area contributed by atoms with Crippen LogP contribution in [0.3, 0.4) is 0 Å². The molecule has 152 valence electrons. The van der Waals surface area contributed by atoms with E-state index in [0.717, 1.165) is 0 Å². The summed E-state index contributed by atoms with van der Waals surface area (Å²) >= 11 is 5.92. The zero-order valence-electron chi connectivity index (χ0n) is 15.4. The first-order valence-corrected chi connectivity index (χ1v) is 9.17. The lowest BCUT2D eigenvalue weighted by molar-refractivity contribution is -0.147. The van der Waals surface area contributed by atoms with Crippen LogP contribution in [-0.4, -0.2) is 30.3 Å². The van der Waals surface area contributed by atoms with Gasteiger partial charge in [-0.05, 0) is 30.7 Å². The van der Waals surface area contributed by atoms with E-state index in [1.165, 1.54) is 0 Å². The molecule has 0 atom stereocenters. The number of anilines is 1. The fourth-order valence-electron chi connectivity index (χ4n) is 2.21. The number of halogens is 1. The number of nitrogens with one attached hydrogen (secondary N) is 3. The average molecular weight is 418 g/mol. The maximum atomic E-state index is 11.8. The van der Waals surface area contributed by atoms with E-state index in [1.807, 2.05) is 0 Å². The monoisotopic (exact) mass is 417 g/mol. The van der Waals surface area contributed by atoms with Crippen molar-refractivity contribution in [1.29, 1.82) is 0 Å². The molecule has 0 unspecified atom stereocenters. The van der Waals surface area contributed by atoms with E-state index in [-0.39, 0.29) is 19.3 Å². The summed E-state index contributed by atoms with van der Waals surface area (Å²) in [5.41, 5.74) is 5.39. The fraction of sp³-hybridized carbons (Fsp3) is 0.200. The van der Waals surface area contributed by atoms with E-state index in [0.29, 0.717) is 16.3 Å². The van der Waals surface area contributed by atoms with E-state index < -0.39 is 30.3 Å². The Morgan fingerprint density at radius 3 is 2.24 bits per heavy atom. The molecule has 0 saturated heterocycles. The van der Waals surface area contributed by atoms with E-state index in [9.17, 15) is 19.2 Å². The van der Waals surface area contributed by atoms with Crippen LogP contribution in [0.15, 0.2) is 54.6 Å². The molecule has 0 spiro atoms. The number of hydrogen-bond donors (Lipinski definition) is 3. The maximum Gasteiger partial charge on any atom is 0.306 e. The van der Waals surface area contributed by atoms with E-state index in [4.69, 9.17) is 16.3 Å². The molecule has 0 aliphatic heterocycles. The Labute approximate surface area is 172 Å². The number of hydrogen-bond acceptors (Lipinski definition) is 5. The van der Waals surface area contributed by atoms with Gasteiger partial charge in [0, 0.05) is 18.4 Å². The van der Waals surface area contributed by atoms with Gasteiger partial charge in [0.2, 0.25) is 5.91 Å². The summed E-state index contributed by atoms with van der Waals surface area (Å²) in [4.78, 5) is 46.9. The zero-order valence-corrected chi connectivity index (χ0v) is 16.2. The first-order chi connectivity index (χ1) is 14.0. The lowest BCUT2D eigenvalue weighted by atomic mass is 10.2. The molecule has 0 radical (unpaired) electrons. The highest BCUT2D eigenvalue weighted by Crippen LogP contribution is 2.20. The Bertz CT molecular complexity index is 873. The molecule has 3 amide bonds. The quantitative estimate of drug-likeness (QED) is 0.451. The molecule has 3 N–H and O–H groups in total. The molecule has 2 rings (SSSR count). The van der Waals surface area contributed by atoms with Crippen LogP contribution < -0.4 is 16.2 Å². The lowest BCUT2D eigenvalue weighted by Crippen LogP contribution is -2.41. The third kappa shape index (κ3) is 8.02. The molecule has 0 aromatic heterocycles. The molecule has 0 saturated carbocycles. The lowest BCUT2D eigenvalue weighted by Gasteiger charge is -2.08. The number of amides is 3. The summed E-state index contributed by atoms with van der Waals surface area (Å²) in [6, 6.07) is 15.1. The molecular weight excluding hydrogens is 398 g/mol. The van der Waals surface area contributed by atoms with Crippen molar-refractivity contribution in [2.45, 2.75) is 19.3 Å². The summed E-state index contributed by atoms with van der Waals surface area (Å²) < 4.78 is 4.86. The normalized spacial score (nSPS) is 9.97. The van der Waals surface area contributed by atoms with E-state index in [2.05, 4.69) is 16.2 Å². The van der Waals surface area contributed by atoms with Gasteiger partial charge in [-0.2, -0.15) is 0 Å². The largest absolute Gasteiger partial charge is 0.456 e. The Balaban J connectivity index is 1.59. The van der Waals surface area contributed by atoms with Crippen LogP contribution in [0.25, 0.3) is 0 Å². The predicted molar refractivity (Wildman–Crippen MR) is 107 cm³/mol. The van der Waals surface area contributed by atoms with Crippen molar-refractivity contribution in [2.75, 3.05) is 11.9 Å². The van der Waals surface area contributed by atoms with Crippen molar-refractivity contribution in [3.63, 3.8) is 0 Å². The number of ether oxygens (including phenoxy) is 1. The molecule has 0 aliphatic rings. The van der Waals surface area contributed by atoms with Gasteiger partial charge in [0.05, 0.1) is 10.7 Å². The number of hydrazine groups is 1. The molecule has 0 fully saturated rings. The number of carbonyl (C=O) groups is 4. The highest BCUT2D eigenvalue weighted by atomic mass is 35.5. The second-order valence-electron chi connectivity index (χ2n) is 5.91. The average Bonchev–Trinajstić information content (AvgIpc) is 2.73. The van der Waals surface area contributed by atoms with Crippen molar-refractivity contribution in [3.05, 3.63) is 65.2 Å². The summed E-state index contributed by atoms with van der Waals surface area (Å²) in [6.07, 6.45) is 0.174. The van der Waals surface area contributed by atoms with Crippen molar-refractivity contribution in [1.82, 2.24) is 10.9 Å². The van der Waals surface area contributed by atoms with E-state index in [1.54, 1.807) is 54.6 Å². The van der Waals surface area contributed by atoms with Crippen molar-refractivity contribution in [3.8, 4) is 0 Å². The number of para-hydroxylation sites is 1. The summed E-state index contributed by atoms with van der Waals surface area (Å²) in [5, 5.41) is 2.90. The van der Waals surface area contributed by atoms with Crippen LogP contribution in [0, 0.1) is 0 Å². The van der Waals surface area contributed by atoms with Crippen LogP contribution in [0.2, 0.25) is 5.02 Å². The smallest absolute Gasteiger partial charge is 0.306 e. The minimum Gasteiger partial charge on any atom is -0.456 e. The highest BCUT2D eigenvalue weighted by molar-refractivity contribution is 6.33. The zero-order chi connectivity index (χ0) is 21.1. The molecule has 0 bridgehead atoms. The van der Waals surface area contributed by atoms with Gasteiger partial charge in [0.15, 0.2) is 6.61 Å². The molecule has 8 nitrogen and oxygen atoms in total. The third-order valence-corrected chi connectivity index (χ3v) is 3.98. The fourth-order valence-corrected chi connectivity index (χ4v) is 2.39. The minimum absolute atomic E-state index is 0.00991. The van der Waals surface area contributed by atoms with Gasteiger partial charge in [-0.15, -0.1) is 0 Å². The minimum atomic E-state index is -0.611. The van der Waals surface area contributed by atoms with Gasteiger partial charge in [-0.25, -0.2) is 0 Å². The summed E-state index contributed by atoms with van der Waals surface area (Å²) in [6.45, 7) is -0.455. The van der Waals surface area contributed by atoms with Crippen LogP contribution in [0.4, 0.5) is 5.69 Å². The van der Waals surface area contributed by atoms with Crippen molar-refractivity contribution >= 4 is 41.0 Å². The Hall–Kier alpha value is -3.39. The SMILES string of the molecule is O=C(CCCC(=O)OCC(=O)Nc1ccccc1Cl)NNC(=O)c1ccccc1. The number of carbonyl (C=O) groups excluding carboxylic acids is 4. The second kappa shape index (κ2) is 11.5. The first kappa shape index (κ1) is 21.9. The van der Waals surface area contributed by atoms with Gasteiger partial charge >= 0.3 is 5.97 Å². The molecule has 9 heteroatoms. The van der Waals surface area contributed by atoms with Gasteiger partial charge in [0.25, 0.3) is 11.8 Å². The van der Waals surface area contributed by atoms with Gasteiger partial charge < -0.3 is 10.1 Å². The maximum absolute atomic E-state index is 11.8. The number of benzene rings is 2. The number of esters is 1. The van der Waals surface area contributed by atoms with Crippen LogP contribution in [0.5, 0.6) is 0 Å². The molecule has 2 aromatic rings. The Morgan fingerprint density at radius 1 is 0.828 bits per heavy atom. The van der Waals surface area contributed by atoms with Crippen LogP contribution >= 0.6 is 11.6 Å². The standard InChI is InChI=1S/C20H20ClN3O5/c21-15-9-4-5-10-16(15)22-18(26)13-29-19(27)12-6-11-17(25)23-24-20(28)14-7-2-1-3-8-14/h1-5,7-10H,6,11-13H2,(H,22,26)(H,23,25)(H,24,28). The first-order valence-electron chi connectivity index (χ1n) is 8.80.